The lowest BCUT2D eigenvalue weighted by Gasteiger charge is -2.23. The molecule has 1 heterocycles. The summed E-state index contributed by atoms with van der Waals surface area (Å²) in [7, 11) is 0. The second-order valence-corrected chi connectivity index (χ2v) is 5.15. The zero-order valence-electron chi connectivity index (χ0n) is 7.74. The van der Waals surface area contributed by atoms with Gasteiger partial charge in [0.05, 0.1) is 0 Å². The maximum atomic E-state index is 5.47. The van der Waals surface area contributed by atoms with Gasteiger partial charge in [0.2, 0.25) is 0 Å². The highest BCUT2D eigenvalue weighted by atomic mass is 32.2. The summed E-state index contributed by atoms with van der Waals surface area (Å²) in [6.07, 6.45) is 3.21. The molecule has 0 saturated heterocycles. The van der Waals surface area contributed by atoms with E-state index < -0.39 is 0 Å². The van der Waals surface area contributed by atoms with E-state index in [1.807, 2.05) is 18.7 Å². The van der Waals surface area contributed by atoms with Crippen LogP contribution >= 0.6 is 23.5 Å². The van der Waals surface area contributed by atoms with Crippen molar-refractivity contribution in [1.82, 2.24) is 0 Å². The molecule has 0 radical (unpaired) electrons. The van der Waals surface area contributed by atoms with E-state index >= 15 is 0 Å². The molecule has 0 fully saturated rings. The van der Waals surface area contributed by atoms with E-state index in [-0.39, 0.29) is 6.23 Å². The third-order valence-electron chi connectivity index (χ3n) is 1.62. The Balaban J connectivity index is 2.52. The van der Waals surface area contributed by atoms with Gasteiger partial charge in [-0.25, -0.2) is 4.99 Å². The van der Waals surface area contributed by atoms with Crippen LogP contribution in [0.15, 0.2) is 4.99 Å². The minimum absolute atomic E-state index is 0.105. The van der Waals surface area contributed by atoms with Crippen molar-refractivity contribution in [2.75, 3.05) is 12.9 Å². The average Bonchev–Trinajstić information content (AvgIpc) is 2.04. The Hall–Kier alpha value is 0.330. The van der Waals surface area contributed by atoms with Crippen molar-refractivity contribution in [3.8, 4) is 0 Å². The Morgan fingerprint density at radius 3 is 3.08 bits per heavy atom. The Bertz CT molecular complexity index is 172. The Morgan fingerprint density at radius 1 is 1.75 bits per heavy atom. The first-order valence-electron chi connectivity index (χ1n) is 4.16. The Labute approximate surface area is 82.5 Å². The van der Waals surface area contributed by atoms with Crippen LogP contribution in [0.2, 0.25) is 0 Å². The van der Waals surface area contributed by atoms with Gasteiger partial charge in [-0.3, -0.25) is 0 Å². The van der Waals surface area contributed by atoms with Crippen LogP contribution in [-0.2, 0) is 4.74 Å². The molecule has 0 unspecified atom stereocenters. The molecule has 0 aromatic rings. The van der Waals surface area contributed by atoms with Crippen LogP contribution in [0.4, 0.5) is 0 Å². The van der Waals surface area contributed by atoms with E-state index in [4.69, 9.17) is 4.74 Å². The first kappa shape index (κ1) is 10.4. The molecular weight excluding hydrogens is 190 g/mol. The fourth-order valence-electron chi connectivity index (χ4n) is 1.10. The predicted molar refractivity (Wildman–Crippen MR) is 58.0 cm³/mol. The van der Waals surface area contributed by atoms with E-state index in [2.05, 4.69) is 18.2 Å². The van der Waals surface area contributed by atoms with Crippen molar-refractivity contribution < 1.29 is 4.74 Å². The lowest BCUT2D eigenvalue weighted by atomic mass is 10.3. The fraction of sp³-hybridized carbons (Fsp3) is 0.875. The van der Waals surface area contributed by atoms with E-state index in [0.29, 0.717) is 5.25 Å². The van der Waals surface area contributed by atoms with Gasteiger partial charge in [-0.05, 0) is 13.2 Å². The second kappa shape index (κ2) is 5.14. The number of aliphatic imine (C=N–C) groups is 1. The van der Waals surface area contributed by atoms with Crippen molar-refractivity contribution in [2.45, 2.75) is 31.7 Å². The SMILES string of the molecule is CCO[C@@H]1C[C@@H](C)SC(SC)=N1. The number of ether oxygens (including phenoxy) is 1. The van der Waals surface area contributed by atoms with Crippen molar-refractivity contribution in [3.63, 3.8) is 0 Å². The van der Waals surface area contributed by atoms with Crippen molar-refractivity contribution in [2.24, 2.45) is 4.99 Å². The van der Waals surface area contributed by atoms with Gasteiger partial charge in [0.25, 0.3) is 0 Å². The van der Waals surface area contributed by atoms with Crippen LogP contribution in [0, 0.1) is 0 Å². The minimum atomic E-state index is 0.105. The maximum absolute atomic E-state index is 5.47. The smallest absolute Gasteiger partial charge is 0.151 e. The summed E-state index contributed by atoms with van der Waals surface area (Å²) in [5.41, 5.74) is 0. The third-order valence-corrected chi connectivity index (χ3v) is 3.76. The molecule has 0 spiro atoms. The average molecular weight is 205 g/mol. The molecule has 0 amide bonds. The van der Waals surface area contributed by atoms with Crippen LogP contribution in [0.25, 0.3) is 0 Å². The second-order valence-electron chi connectivity index (χ2n) is 2.67. The molecule has 0 aromatic carbocycles. The normalized spacial score (nSPS) is 30.1. The number of nitrogens with zero attached hydrogens (tertiary/aromatic N) is 1. The standard InChI is InChI=1S/C8H15NOS2/c1-4-10-7-5-6(2)12-8(9-7)11-3/h6-7H,4-5H2,1-3H3/t6-,7-/m1/s1. The molecule has 1 aliphatic heterocycles. The molecule has 0 N–H and O–H groups in total. The summed E-state index contributed by atoms with van der Waals surface area (Å²) in [4.78, 5) is 4.46. The highest BCUT2D eigenvalue weighted by Gasteiger charge is 2.20. The van der Waals surface area contributed by atoms with Gasteiger partial charge in [0, 0.05) is 18.3 Å². The van der Waals surface area contributed by atoms with Gasteiger partial charge in [-0.1, -0.05) is 18.7 Å². The number of thioether (sulfide) groups is 2. The monoisotopic (exact) mass is 205 g/mol. The molecule has 2 nitrogen and oxygen atoms in total. The molecule has 0 saturated carbocycles. The fourth-order valence-corrected chi connectivity index (χ4v) is 2.99. The number of hydrogen-bond donors (Lipinski definition) is 0. The molecule has 1 rings (SSSR count). The molecule has 2 atom stereocenters. The summed E-state index contributed by atoms with van der Waals surface area (Å²) >= 11 is 3.56. The molecule has 1 aliphatic rings. The molecule has 4 heteroatoms. The lowest BCUT2D eigenvalue weighted by molar-refractivity contribution is 0.0637. The van der Waals surface area contributed by atoms with E-state index in [1.165, 1.54) is 0 Å². The number of hydrogen-bond acceptors (Lipinski definition) is 4. The molecule has 70 valence electrons. The maximum Gasteiger partial charge on any atom is 0.151 e. The van der Waals surface area contributed by atoms with Gasteiger partial charge in [-0.15, -0.1) is 11.8 Å². The van der Waals surface area contributed by atoms with Gasteiger partial charge in [-0.2, -0.15) is 0 Å². The molecule has 0 bridgehead atoms. The zero-order chi connectivity index (χ0) is 8.97. The number of rotatable bonds is 2. The molecule has 0 aromatic heterocycles. The third kappa shape index (κ3) is 2.99. The Morgan fingerprint density at radius 2 is 2.50 bits per heavy atom. The first-order valence-corrected chi connectivity index (χ1v) is 6.26. The Kier molecular flexibility index (Phi) is 4.46. The van der Waals surface area contributed by atoms with Crippen LogP contribution in [0.3, 0.4) is 0 Å². The van der Waals surface area contributed by atoms with Gasteiger partial charge in [0.15, 0.2) is 6.23 Å². The first-order chi connectivity index (χ1) is 5.76. The molecular formula is C8H15NOS2. The quantitative estimate of drug-likeness (QED) is 0.691. The lowest BCUT2D eigenvalue weighted by Crippen LogP contribution is -2.21. The predicted octanol–water partition coefficient (Wildman–Crippen LogP) is 2.59. The van der Waals surface area contributed by atoms with Gasteiger partial charge < -0.3 is 4.74 Å². The topological polar surface area (TPSA) is 21.6 Å². The summed E-state index contributed by atoms with van der Waals surface area (Å²) in [5.74, 6) is 0. The van der Waals surface area contributed by atoms with Crippen molar-refractivity contribution >= 4 is 27.9 Å². The van der Waals surface area contributed by atoms with Gasteiger partial charge in [0.1, 0.15) is 4.38 Å². The van der Waals surface area contributed by atoms with E-state index in [1.54, 1.807) is 11.8 Å². The van der Waals surface area contributed by atoms with E-state index in [9.17, 15) is 0 Å². The van der Waals surface area contributed by atoms with Crippen LogP contribution in [0.5, 0.6) is 0 Å². The summed E-state index contributed by atoms with van der Waals surface area (Å²) < 4.78 is 6.63. The van der Waals surface area contributed by atoms with E-state index in [0.717, 1.165) is 17.4 Å². The molecule has 12 heavy (non-hydrogen) atoms. The van der Waals surface area contributed by atoms with Crippen LogP contribution < -0.4 is 0 Å². The highest BCUT2D eigenvalue weighted by Crippen LogP contribution is 2.29. The van der Waals surface area contributed by atoms with Crippen molar-refractivity contribution in [3.05, 3.63) is 0 Å². The summed E-state index contributed by atoms with van der Waals surface area (Å²) in [5, 5.41) is 0.640. The zero-order valence-corrected chi connectivity index (χ0v) is 9.37. The molecule has 0 aliphatic carbocycles. The van der Waals surface area contributed by atoms with Crippen LogP contribution in [0.1, 0.15) is 20.3 Å². The minimum Gasteiger partial charge on any atom is -0.357 e. The van der Waals surface area contributed by atoms with Crippen LogP contribution in [-0.4, -0.2) is 28.7 Å². The largest absolute Gasteiger partial charge is 0.357 e. The van der Waals surface area contributed by atoms with Crippen molar-refractivity contribution in [1.29, 1.82) is 0 Å². The van der Waals surface area contributed by atoms with Gasteiger partial charge >= 0.3 is 0 Å². The highest BCUT2D eigenvalue weighted by molar-refractivity contribution is 8.38. The summed E-state index contributed by atoms with van der Waals surface area (Å²) in [6.45, 7) is 5.00. The summed E-state index contributed by atoms with van der Waals surface area (Å²) in [6, 6.07) is 0.